The normalized spacial score (nSPS) is 15.9. The summed E-state index contributed by atoms with van der Waals surface area (Å²) in [5.41, 5.74) is 1.75. The Bertz CT molecular complexity index is 1220. The minimum atomic E-state index is -1.49. The van der Waals surface area contributed by atoms with Crippen LogP contribution in [-0.2, 0) is 44.3 Å². The van der Waals surface area contributed by atoms with E-state index in [-0.39, 0.29) is 24.7 Å². The van der Waals surface area contributed by atoms with Gasteiger partial charge in [-0.15, -0.1) is 0 Å². The molecule has 0 fully saturated rings. The standard InChI is InChI=1S/C32H34O6S2/c33-31(29(37-21-25-13-5-1-6-14-25)23-39(35)27-17-9-3-10-18-27)32(34)30(38-22-26-15-7-2-8-16-26)24-40(36)28-19-11-4-12-20-28/h1-20,29-34H,21-24H2/t29-,30-,31-,32-,39?,40?/m1/s1. The molecule has 4 rings (SSSR count). The van der Waals surface area contributed by atoms with Crippen molar-refractivity contribution in [2.45, 2.75) is 47.4 Å². The number of hydrogen-bond donors (Lipinski definition) is 2. The van der Waals surface area contributed by atoms with Gasteiger partial charge in [0.25, 0.3) is 0 Å². The Morgan fingerprint density at radius 3 is 1.12 bits per heavy atom. The van der Waals surface area contributed by atoms with Crippen molar-refractivity contribution in [1.82, 2.24) is 0 Å². The van der Waals surface area contributed by atoms with E-state index in [1.807, 2.05) is 72.8 Å². The average molecular weight is 579 g/mol. The van der Waals surface area contributed by atoms with Crippen LogP contribution >= 0.6 is 0 Å². The minimum absolute atomic E-state index is 0.0394. The van der Waals surface area contributed by atoms with Gasteiger partial charge in [-0.2, -0.15) is 0 Å². The van der Waals surface area contributed by atoms with Crippen molar-refractivity contribution in [2.75, 3.05) is 11.5 Å². The van der Waals surface area contributed by atoms with Crippen LogP contribution in [0.25, 0.3) is 0 Å². The van der Waals surface area contributed by atoms with E-state index in [1.165, 1.54) is 0 Å². The largest absolute Gasteiger partial charge is 0.388 e. The van der Waals surface area contributed by atoms with Crippen molar-refractivity contribution < 1.29 is 28.1 Å². The predicted octanol–water partition coefficient (Wildman–Crippen LogP) is 4.49. The molecule has 0 saturated carbocycles. The van der Waals surface area contributed by atoms with Gasteiger partial charge < -0.3 is 19.7 Å². The number of benzene rings is 4. The highest BCUT2D eigenvalue weighted by Gasteiger charge is 2.36. The first-order valence-corrected chi connectivity index (χ1v) is 15.7. The van der Waals surface area contributed by atoms with Crippen molar-refractivity contribution in [3.63, 3.8) is 0 Å². The third kappa shape index (κ3) is 9.02. The van der Waals surface area contributed by atoms with Crippen molar-refractivity contribution in [3.8, 4) is 0 Å². The number of rotatable bonds is 15. The fourth-order valence-corrected chi connectivity index (χ4v) is 6.61. The van der Waals surface area contributed by atoms with Crippen LogP contribution in [0.2, 0.25) is 0 Å². The van der Waals surface area contributed by atoms with Gasteiger partial charge in [-0.3, -0.25) is 8.42 Å². The Hall–Kier alpha value is -2.98. The van der Waals surface area contributed by atoms with Crippen LogP contribution in [0, 0.1) is 0 Å². The summed E-state index contributed by atoms with van der Waals surface area (Å²) in [7, 11) is -2.98. The molecule has 2 N–H and O–H groups in total. The van der Waals surface area contributed by atoms with Crippen molar-refractivity contribution in [1.29, 1.82) is 0 Å². The van der Waals surface area contributed by atoms with Gasteiger partial charge in [0, 0.05) is 9.79 Å². The van der Waals surface area contributed by atoms with E-state index in [0.717, 1.165) is 11.1 Å². The monoisotopic (exact) mass is 578 g/mol. The highest BCUT2D eigenvalue weighted by atomic mass is 32.2. The number of aliphatic hydroxyl groups excluding tert-OH is 2. The van der Waals surface area contributed by atoms with Crippen LogP contribution in [0.15, 0.2) is 131 Å². The molecule has 0 aliphatic carbocycles. The molecule has 2 unspecified atom stereocenters. The molecule has 4 aromatic carbocycles. The SMILES string of the molecule is O=S(C[C@@H](OCc1ccccc1)[C@@H](O)[C@H](O)[C@@H](CS(=O)c1ccccc1)OCc1ccccc1)c1ccccc1. The molecule has 4 aromatic rings. The minimum Gasteiger partial charge on any atom is -0.388 e. The maximum atomic E-state index is 13.2. The fraction of sp³-hybridized carbons (Fsp3) is 0.250. The quantitative estimate of drug-likeness (QED) is 0.216. The Morgan fingerprint density at radius 2 is 0.800 bits per heavy atom. The van der Waals surface area contributed by atoms with Crippen molar-refractivity contribution in [2.24, 2.45) is 0 Å². The second-order valence-corrected chi connectivity index (χ2v) is 12.3. The highest BCUT2D eigenvalue weighted by Crippen LogP contribution is 2.20. The molecule has 210 valence electrons. The van der Waals surface area contributed by atoms with Crippen LogP contribution in [-0.4, -0.2) is 54.6 Å². The lowest BCUT2D eigenvalue weighted by Gasteiger charge is -2.31. The summed E-state index contributed by atoms with van der Waals surface area (Å²) in [5.74, 6) is -0.0789. The van der Waals surface area contributed by atoms with Crippen LogP contribution in [0.4, 0.5) is 0 Å². The first-order valence-electron chi connectivity index (χ1n) is 13.1. The van der Waals surface area contributed by atoms with Crippen molar-refractivity contribution in [3.05, 3.63) is 132 Å². The summed E-state index contributed by atoms with van der Waals surface area (Å²) in [5, 5.41) is 22.8. The van der Waals surface area contributed by atoms with E-state index in [2.05, 4.69) is 0 Å². The summed E-state index contributed by atoms with van der Waals surface area (Å²) in [6.45, 7) is 0.319. The number of ether oxygens (including phenoxy) is 2. The van der Waals surface area contributed by atoms with Crippen LogP contribution in [0.3, 0.4) is 0 Å². The van der Waals surface area contributed by atoms with Gasteiger partial charge in [0.15, 0.2) is 0 Å². The zero-order valence-corrected chi connectivity index (χ0v) is 23.7. The lowest BCUT2D eigenvalue weighted by Crippen LogP contribution is -2.49. The van der Waals surface area contributed by atoms with E-state index in [1.54, 1.807) is 48.5 Å². The fourth-order valence-electron chi connectivity index (χ4n) is 4.12. The first-order chi connectivity index (χ1) is 19.5. The maximum Gasteiger partial charge on any atom is 0.109 e. The molecule has 6 nitrogen and oxygen atoms in total. The second kappa shape index (κ2) is 15.7. The molecule has 8 heteroatoms. The maximum absolute atomic E-state index is 13.2. The highest BCUT2D eigenvalue weighted by molar-refractivity contribution is 7.85. The zero-order chi connectivity index (χ0) is 28.2. The summed E-state index contributed by atoms with van der Waals surface area (Å²) < 4.78 is 38.5. The molecule has 0 aliphatic rings. The van der Waals surface area contributed by atoms with E-state index in [9.17, 15) is 18.6 Å². The third-order valence-electron chi connectivity index (χ3n) is 6.37. The molecule has 0 bridgehead atoms. The Kier molecular flexibility index (Phi) is 11.8. The molecule has 0 amide bonds. The molecule has 40 heavy (non-hydrogen) atoms. The molecule has 0 saturated heterocycles. The van der Waals surface area contributed by atoms with Gasteiger partial charge >= 0.3 is 0 Å². The van der Waals surface area contributed by atoms with Gasteiger partial charge in [0.2, 0.25) is 0 Å². The van der Waals surface area contributed by atoms with Crippen molar-refractivity contribution >= 4 is 21.6 Å². The lowest BCUT2D eigenvalue weighted by atomic mass is 10.0. The van der Waals surface area contributed by atoms with Gasteiger partial charge in [-0.05, 0) is 35.4 Å². The van der Waals surface area contributed by atoms with Gasteiger partial charge in [-0.25, -0.2) is 0 Å². The van der Waals surface area contributed by atoms with Gasteiger partial charge in [0.05, 0.1) is 58.5 Å². The molecule has 0 spiro atoms. The third-order valence-corrected chi connectivity index (χ3v) is 9.23. The zero-order valence-electron chi connectivity index (χ0n) is 22.0. The first kappa shape index (κ1) is 30.0. The Morgan fingerprint density at radius 1 is 0.500 bits per heavy atom. The molecule has 0 aliphatic heterocycles. The molecule has 0 radical (unpaired) electrons. The van der Waals surface area contributed by atoms with E-state index >= 15 is 0 Å². The van der Waals surface area contributed by atoms with E-state index in [4.69, 9.17) is 9.47 Å². The smallest absolute Gasteiger partial charge is 0.109 e. The van der Waals surface area contributed by atoms with E-state index in [0.29, 0.717) is 9.79 Å². The van der Waals surface area contributed by atoms with Gasteiger partial charge in [-0.1, -0.05) is 97.1 Å². The number of aliphatic hydroxyl groups is 2. The van der Waals surface area contributed by atoms with Crippen LogP contribution < -0.4 is 0 Å². The average Bonchev–Trinajstić information content (AvgIpc) is 3.02. The van der Waals surface area contributed by atoms with Crippen LogP contribution in [0.5, 0.6) is 0 Å². The van der Waals surface area contributed by atoms with Gasteiger partial charge in [0.1, 0.15) is 12.2 Å². The Labute approximate surface area is 240 Å². The topological polar surface area (TPSA) is 93.1 Å². The second-order valence-electron chi connectivity index (χ2n) is 9.30. The molecular formula is C32H34O6S2. The molecular weight excluding hydrogens is 544 g/mol. The predicted molar refractivity (Wildman–Crippen MR) is 157 cm³/mol. The Balaban J connectivity index is 1.54. The molecule has 0 heterocycles. The summed E-state index contributed by atoms with van der Waals surface area (Å²) in [6, 6.07) is 36.8. The number of hydrogen-bond acceptors (Lipinski definition) is 6. The molecule has 0 aromatic heterocycles. The summed E-state index contributed by atoms with van der Waals surface area (Å²) >= 11 is 0. The lowest BCUT2D eigenvalue weighted by molar-refractivity contribution is -0.131. The summed E-state index contributed by atoms with van der Waals surface area (Å²) in [6.07, 6.45) is -4.87. The van der Waals surface area contributed by atoms with E-state index < -0.39 is 46.0 Å². The van der Waals surface area contributed by atoms with Crippen LogP contribution in [0.1, 0.15) is 11.1 Å². The summed E-state index contributed by atoms with van der Waals surface area (Å²) in [4.78, 5) is 1.19. The molecule has 6 atom stereocenters.